The van der Waals surface area contributed by atoms with Gasteiger partial charge in [0.05, 0.1) is 11.5 Å². The lowest BCUT2D eigenvalue weighted by molar-refractivity contribution is -0.386. The van der Waals surface area contributed by atoms with Crippen molar-refractivity contribution >= 4 is 11.7 Å². The van der Waals surface area contributed by atoms with Crippen molar-refractivity contribution in [2.24, 2.45) is 5.73 Å². The summed E-state index contributed by atoms with van der Waals surface area (Å²) in [4.78, 5) is 20.7. The first-order chi connectivity index (χ1) is 9.62. The number of ether oxygens (including phenoxy) is 1. The average Bonchev–Trinajstić information content (AvgIpc) is 2.40. The topological polar surface area (TPSA) is 136 Å². The molecule has 0 unspecified atom stereocenters. The van der Waals surface area contributed by atoms with Crippen molar-refractivity contribution in [3.63, 3.8) is 0 Å². The van der Waals surface area contributed by atoms with Gasteiger partial charge < -0.3 is 20.7 Å². The predicted octanol–water partition coefficient (Wildman–Crippen LogP) is 1.20. The second kappa shape index (κ2) is 5.87. The van der Waals surface area contributed by atoms with Crippen LogP contribution in [0.15, 0.2) is 12.1 Å². The van der Waals surface area contributed by atoms with Gasteiger partial charge in [-0.2, -0.15) is 8.78 Å². The zero-order valence-electron chi connectivity index (χ0n) is 10.7. The molecule has 0 bridgehead atoms. The molecule has 0 aliphatic carbocycles. The number of nitro benzene ring substituents is 1. The Morgan fingerprint density at radius 2 is 2.10 bits per heavy atom. The van der Waals surface area contributed by atoms with Gasteiger partial charge in [0.1, 0.15) is 6.04 Å². The summed E-state index contributed by atoms with van der Waals surface area (Å²) in [6.07, 6.45) is 0. The van der Waals surface area contributed by atoms with E-state index >= 15 is 0 Å². The van der Waals surface area contributed by atoms with Gasteiger partial charge >= 0.3 is 17.6 Å². The number of benzene rings is 1. The van der Waals surface area contributed by atoms with Gasteiger partial charge in [-0.05, 0) is 18.6 Å². The number of rotatable bonds is 5. The number of nitro groups is 1. The first-order valence-electron chi connectivity index (χ1n) is 5.63. The molecule has 0 aromatic heterocycles. The predicted molar refractivity (Wildman–Crippen MR) is 64.9 cm³/mol. The molecule has 0 aliphatic heterocycles. The fraction of sp³-hybridized carbons (Fsp3) is 0.364. The molecule has 0 amide bonds. The van der Waals surface area contributed by atoms with Gasteiger partial charge in [-0.25, -0.2) is 4.79 Å². The van der Waals surface area contributed by atoms with E-state index in [1.807, 2.05) is 0 Å². The standard InChI is InChI=1S/C11H12F2N2O6/c1-2-21-10(18)11(12,13)9(14)5-3-6(15(19)20)8(17)7(16)4-5/h3-4,9,16-17H,2,14H2,1H3/t9-/m0/s1. The number of alkyl halides is 2. The minimum atomic E-state index is -4.16. The molecule has 0 spiro atoms. The fourth-order valence-corrected chi connectivity index (χ4v) is 1.51. The Hall–Kier alpha value is -2.49. The lowest BCUT2D eigenvalue weighted by Gasteiger charge is -2.22. The van der Waals surface area contributed by atoms with Crippen molar-refractivity contribution < 1.29 is 33.4 Å². The summed E-state index contributed by atoms with van der Waals surface area (Å²) in [5, 5.41) is 29.2. The first kappa shape index (κ1) is 16.6. The largest absolute Gasteiger partial charge is 0.504 e. The van der Waals surface area contributed by atoms with Gasteiger partial charge in [0, 0.05) is 6.07 Å². The molecule has 21 heavy (non-hydrogen) atoms. The van der Waals surface area contributed by atoms with Crippen molar-refractivity contribution in [3.05, 3.63) is 27.8 Å². The number of hydrogen-bond acceptors (Lipinski definition) is 7. The van der Waals surface area contributed by atoms with Gasteiger partial charge in [-0.1, -0.05) is 0 Å². The van der Waals surface area contributed by atoms with Crippen LogP contribution in [0, 0.1) is 10.1 Å². The summed E-state index contributed by atoms with van der Waals surface area (Å²) in [7, 11) is 0. The molecule has 0 aliphatic rings. The summed E-state index contributed by atoms with van der Waals surface area (Å²) >= 11 is 0. The normalized spacial score (nSPS) is 12.8. The highest BCUT2D eigenvalue weighted by atomic mass is 19.3. The van der Waals surface area contributed by atoms with Crippen molar-refractivity contribution in [1.82, 2.24) is 0 Å². The molecular formula is C11H12F2N2O6. The van der Waals surface area contributed by atoms with Crippen molar-refractivity contribution in [3.8, 4) is 11.5 Å². The Morgan fingerprint density at radius 1 is 1.52 bits per heavy atom. The smallest absolute Gasteiger partial charge is 0.379 e. The molecular weight excluding hydrogens is 294 g/mol. The molecule has 0 saturated carbocycles. The number of carbonyl (C=O) groups excluding carboxylic acids is 1. The van der Waals surface area contributed by atoms with E-state index in [1.54, 1.807) is 0 Å². The number of nitrogens with two attached hydrogens (primary N) is 1. The Morgan fingerprint density at radius 3 is 2.57 bits per heavy atom. The molecule has 0 radical (unpaired) electrons. The van der Waals surface area contributed by atoms with Crippen LogP contribution in [0.2, 0.25) is 0 Å². The van der Waals surface area contributed by atoms with Crippen molar-refractivity contribution in [1.29, 1.82) is 0 Å². The molecule has 1 aromatic rings. The lowest BCUT2D eigenvalue weighted by atomic mass is 10.00. The van der Waals surface area contributed by atoms with Crippen LogP contribution in [0.25, 0.3) is 0 Å². The lowest BCUT2D eigenvalue weighted by Crippen LogP contribution is -2.41. The highest BCUT2D eigenvalue weighted by molar-refractivity contribution is 5.79. The van der Waals surface area contributed by atoms with E-state index in [0.29, 0.717) is 12.1 Å². The van der Waals surface area contributed by atoms with E-state index < -0.39 is 45.6 Å². The van der Waals surface area contributed by atoms with Crippen molar-refractivity contribution in [2.45, 2.75) is 18.9 Å². The van der Waals surface area contributed by atoms with Crippen LogP contribution < -0.4 is 5.73 Å². The minimum absolute atomic E-state index is 0.303. The van der Waals surface area contributed by atoms with E-state index in [-0.39, 0.29) is 6.61 Å². The van der Waals surface area contributed by atoms with Crippen LogP contribution >= 0.6 is 0 Å². The van der Waals surface area contributed by atoms with Crippen LogP contribution in [0.5, 0.6) is 11.5 Å². The monoisotopic (exact) mass is 306 g/mol. The molecule has 116 valence electrons. The highest BCUT2D eigenvalue weighted by Crippen LogP contribution is 2.40. The van der Waals surface area contributed by atoms with Crippen LogP contribution in [0.3, 0.4) is 0 Å². The second-order valence-corrected chi connectivity index (χ2v) is 3.99. The van der Waals surface area contributed by atoms with Gasteiger partial charge in [0.25, 0.3) is 0 Å². The number of hydrogen-bond donors (Lipinski definition) is 3. The second-order valence-electron chi connectivity index (χ2n) is 3.99. The maximum absolute atomic E-state index is 13.7. The number of carbonyl (C=O) groups is 1. The van der Waals surface area contributed by atoms with Crippen LogP contribution in [-0.4, -0.2) is 33.6 Å². The first-order valence-corrected chi connectivity index (χ1v) is 5.63. The molecule has 1 atom stereocenters. The molecule has 0 fully saturated rings. The fourth-order valence-electron chi connectivity index (χ4n) is 1.51. The summed E-state index contributed by atoms with van der Waals surface area (Å²) in [6.45, 7) is 1.01. The molecule has 8 nitrogen and oxygen atoms in total. The number of aromatic hydroxyl groups is 2. The van der Waals surface area contributed by atoms with E-state index in [2.05, 4.69) is 4.74 Å². The zero-order chi connectivity index (χ0) is 16.4. The highest BCUT2D eigenvalue weighted by Gasteiger charge is 2.48. The van der Waals surface area contributed by atoms with Crippen LogP contribution in [0.1, 0.15) is 18.5 Å². The molecule has 0 heterocycles. The van der Waals surface area contributed by atoms with Gasteiger partial charge in [-0.3, -0.25) is 10.1 Å². The van der Waals surface area contributed by atoms with Crippen LogP contribution in [-0.2, 0) is 9.53 Å². The third-order valence-electron chi connectivity index (χ3n) is 2.59. The Kier molecular flexibility index (Phi) is 4.63. The van der Waals surface area contributed by atoms with E-state index in [9.17, 15) is 33.9 Å². The molecule has 10 heteroatoms. The maximum atomic E-state index is 13.7. The van der Waals surface area contributed by atoms with E-state index in [0.717, 1.165) is 0 Å². The number of esters is 1. The summed E-state index contributed by atoms with van der Waals surface area (Å²) in [5.41, 5.74) is 3.61. The minimum Gasteiger partial charge on any atom is -0.504 e. The number of halogens is 2. The molecule has 0 saturated heterocycles. The third-order valence-corrected chi connectivity index (χ3v) is 2.59. The average molecular weight is 306 g/mol. The molecule has 1 aromatic carbocycles. The van der Waals surface area contributed by atoms with E-state index in [4.69, 9.17) is 5.73 Å². The zero-order valence-corrected chi connectivity index (χ0v) is 10.7. The molecule has 4 N–H and O–H groups in total. The summed E-state index contributed by atoms with van der Waals surface area (Å²) in [6, 6.07) is -1.13. The van der Waals surface area contributed by atoms with E-state index in [1.165, 1.54) is 6.92 Å². The maximum Gasteiger partial charge on any atom is 0.379 e. The summed E-state index contributed by atoms with van der Waals surface area (Å²) < 4.78 is 31.6. The SMILES string of the molecule is CCOC(=O)C(F)(F)[C@@H](N)c1cc(O)c(O)c([N+](=O)[O-])c1. The number of phenols is 2. The number of phenolic OH excluding ortho intramolecular Hbond substituents is 2. The Bertz CT molecular complexity index is 578. The third kappa shape index (κ3) is 3.16. The summed E-state index contributed by atoms with van der Waals surface area (Å²) in [5.74, 6) is -8.15. The van der Waals surface area contributed by atoms with Gasteiger partial charge in [-0.15, -0.1) is 0 Å². The van der Waals surface area contributed by atoms with Gasteiger partial charge in [0.2, 0.25) is 5.75 Å². The number of nitrogens with zero attached hydrogens (tertiary/aromatic N) is 1. The Balaban J connectivity index is 3.27. The molecule has 1 rings (SSSR count). The quantitative estimate of drug-likeness (QED) is 0.322. The Labute approximate surface area is 116 Å². The van der Waals surface area contributed by atoms with Gasteiger partial charge in [0.15, 0.2) is 5.75 Å². The van der Waals surface area contributed by atoms with Crippen LogP contribution in [0.4, 0.5) is 14.5 Å². The van der Waals surface area contributed by atoms with Crippen molar-refractivity contribution in [2.75, 3.05) is 6.61 Å².